The number of rotatable bonds is 5. The molecule has 3 rings (SSSR count). The van der Waals surface area contributed by atoms with Gasteiger partial charge in [0.05, 0.1) is 12.7 Å². The van der Waals surface area contributed by atoms with E-state index in [1.165, 1.54) is 5.57 Å². The Kier molecular flexibility index (Phi) is 5.62. The van der Waals surface area contributed by atoms with Gasteiger partial charge in [0.25, 0.3) is 0 Å². The summed E-state index contributed by atoms with van der Waals surface area (Å²) in [6.45, 7) is 13.5. The van der Waals surface area contributed by atoms with E-state index in [9.17, 15) is 15.0 Å². The summed E-state index contributed by atoms with van der Waals surface area (Å²) in [7, 11) is 0. The molecule has 27 heavy (non-hydrogen) atoms. The Morgan fingerprint density at radius 3 is 2.59 bits per heavy atom. The molecule has 3 unspecified atom stereocenters. The van der Waals surface area contributed by atoms with E-state index in [2.05, 4.69) is 27.4 Å². The van der Waals surface area contributed by atoms with Crippen LogP contribution in [-0.2, 0) is 9.53 Å². The van der Waals surface area contributed by atoms with Gasteiger partial charge in [-0.05, 0) is 67.3 Å². The molecule has 1 aliphatic heterocycles. The molecule has 2 aliphatic carbocycles. The lowest BCUT2D eigenvalue weighted by molar-refractivity contribution is -0.154. The van der Waals surface area contributed by atoms with Gasteiger partial charge in [-0.15, -0.1) is 0 Å². The molecule has 3 aliphatic rings. The summed E-state index contributed by atoms with van der Waals surface area (Å²) in [6, 6.07) is 0. The van der Waals surface area contributed by atoms with Crippen molar-refractivity contribution in [3.63, 3.8) is 0 Å². The number of fused-ring (bicyclic) bond motifs is 1. The smallest absolute Gasteiger partial charge is 0.334 e. The van der Waals surface area contributed by atoms with Crippen molar-refractivity contribution in [3.05, 3.63) is 23.8 Å². The number of ether oxygens (including phenoxy) is 1. The molecule has 2 N–H and O–H groups in total. The van der Waals surface area contributed by atoms with Crippen molar-refractivity contribution in [3.8, 4) is 0 Å². The Labute approximate surface area is 163 Å². The summed E-state index contributed by atoms with van der Waals surface area (Å²) in [4.78, 5) is 12.2. The van der Waals surface area contributed by atoms with Crippen LogP contribution in [-0.4, -0.2) is 35.5 Å². The molecule has 0 radical (unpaired) electrons. The van der Waals surface area contributed by atoms with Crippen LogP contribution < -0.4 is 0 Å². The van der Waals surface area contributed by atoms with Crippen LogP contribution in [0.3, 0.4) is 0 Å². The number of allylic oxidation sites excluding steroid dienone is 1. The number of aliphatic hydroxyl groups is 2. The summed E-state index contributed by atoms with van der Waals surface area (Å²) in [5, 5.41) is 20.8. The van der Waals surface area contributed by atoms with E-state index >= 15 is 0 Å². The molecule has 4 nitrogen and oxygen atoms in total. The molecule has 4 heteroatoms. The third kappa shape index (κ3) is 3.29. The van der Waals surface area contributed by atoms with Crippen molar-refractivity contribution in [2.75, 3.05) is 13.2 Å². The first-order valence-electron chi connectivity index (χ1n) is 10.5. The maximum Gasteiger partial charge on any atom is 0.334 e. The molecule has 0 aromatic carbocycles. The van der Waals surface area contributed by atoms with Crippen LogP contribution >= 0.6 is 0 Å². The van der Waals surface area contributed by atoms with Crippen LogP contribution in [0, 0.1) is 34.5 Å². The minimum atomic E-state index is -0.467. The molecule has 2 fully saturated rings. The fraction of sp³-hybridized carbons (Fsp3) is 0.783. The van der Waals surface area contributed by atoms with E-state index in [0.717, 1.165) is 31.3 Å². The molecule has 0 amide bonds. The van der Waals surface area contributed by atoms with Crippen molar-refractivity contribution in [2.24, 2.45) is 34.5 Å². The maximum absolute atomic E-state index is 12.2. The second-order valence-corrected chi connectivity index (χ2v) is 9.87. The third-order valence-electron chi connectivity index (χ3n) is 8.14. The first-order valence-corrected chi connectivity index (χ1v) is 10.5. The van der Waals surface area contributed by atoms with Gasteiger partial charge in [0.2, 0.25) is 0 Å². The van der Waals surface area contributed by atoms with Gasteiger partial charge in [-0.1, -0.05) is 39.8 Å². The molecular weight excluding hydrogens is 340 g/mol. The van der Waals surface area contributed by atoms with Gasteiger partial charge < -0.3 is 14.9 Å². The number of carbonyl (C=O) groups is 1. The Bertz CT molecular complexity index is 636. The van der Waals surface area contributed by atoms with Crippen molar-refractivity contribution in [1.29, 1.82) is 0 Å². The van der Waals surface area contributed by atoms with Gasteiger partial charge in [-0.25, -0.2) is 4.79 Å². The van der Waals surface area contributed by atoms with Crippen LogP contribution in [0.5, 0.6) is 0 Å². The lowest BCUT2D eigenvalue weighted by atomic mass is 9.45. The van der Waals surface area contributed by atoms with Gasteiger partial charge in [0.15, 0.2) is 0 Å². The summed E-state index contributed by atoms with van der Waals surface area (Å²) < 4.78 is 5.19. The number of carbonyl (C=O) groups excluding carboxylic acids is 1. The van der Waals surface area contributed by atoms with E-state index in [1.54, 1.807) is 0 Å². The van der Waals surface area contributed by atoms with Gasteiger partial charge in [-0.3, -0.25) is 0 Å². The summed E-state index contributed by atoms with van der Waals surface area (Å²) in [5.74, 6) is 0.876. The van der Waals surface area contributed by atoms with Crippen molar-refractivity contribution < 1.29 is 19.7 Å². The Balaban J connectivity index is 1.93. The number of cyclic esters (lactones) is 1. The number of hydrogen-bond acceptors (Lipinski definition) is 4. The topological polar surface area (TPSA) is 66.8 Å². The van der Waals surface area contributed by atoms with Crippen molar-refractivity contribution in [1.82, 2.24) is 0 Å². The molecule has 0 spiro atoms. The summed E-state index contributed by atoms with van der Waals surface area (Å²) >= 11 is 0. The zero-order valence-electron chi connectivity index (χ0n) is 17.3. The van der Waals surface area contributed by atoms with E-state index in [0.29, 0.717) is 18.9 Å². The molecule has 2 saturated carbocycles. The van der Waals surface area contributed by atoms with E-state index in [-0.39, 0.29) is 35.7 Å². The quantitative estimate of drug-likeness (QED) is 0.564. The number of esters is 1. The Hall–Kier alpha value is -1.13. The van der Waals surface area contributed by atoms with Crippen molar-refractivity contribution in [2.45, 2.75) is 65.9 Å². The predicted molar refractivity (Wildman–Crippen MR) is 106 cm³/mol. The normalized spacial score (nSPS) is 40.6. The third-order valence-corrected chi connectivity index (χ3v) is 8.14. The Morgan fingerprint density at radius 1 is 1.33 bits per heavy atom. The van der Waals surface area contributed by atoms with Crippen LogP contribution in [0.15, 0.2) is 23.8 Å². The molecule has 1 heterocycles. The minimum absolute atomic E-state index is 0.0117. The minimum Gasteiger partial charge on any atom is -0.458 e. The fourth-order valence-electron chi connectivity index (χ4n) is 6.32. The predicted octanol–water partition coefficient (Wildman–Crippen LogP) is 3.87. The zero-order chi connectivity index (χ0) is 20.0. The average molecular weight is 377 g/mol. The van der Waals surface area contributed by atoms with Crippen LogP contribution in [0.4, 0.5) is 0 Å². The molecular formula is C23H36O4. The van der Waals surface area contributed by atoms with Crippen LogP contribution in [0.1, 0.15) is 59.8 Å². The highest BCUT2D eigenvalue weighted by Gasteiger charge is 2.58. The first-order chi connectivity index (χ1) is 12.6. The molecule has 0 aromatic heterocycles. The molecule has 0 saturated heterocycles. The first kappa shape index (κ1) is 20.6. The molecule has 0 bridgehead atoms. The molecule has 0 aromatic rings. The Morgan fingerprint density at radius 2 is 2.04 bits per heavy atom. The zero-order valence-corrected chi connectivity index (χ0v) is 17.3. The van der Waals surface area contributed by atoms with E-state index in [1.807, 2.05) is 13.0 Å². The number of hydrogen-bond donors (Lipinski definition) is 2. The van der Waals surface area contributed by atoms with Crippen molar-refractivity contribution >= 4 is 5.97 Å². The molecule has 152 valence electrons. The second-order valence-electron chi connectivity index (χ2n) is 9.87. The monoisotopic (exact) mass is 376 g/mol. The lowest BCUT2D eigenvalue weighted by Crippen LogP contribution is -2.57. The summed E-state index contributed by atoms with van der Waals surface area (Å²) in [5.41, 5.74) is 1.61. The van der Waals surface area contributed by atoms with Gasteiger partial charge >= 0.3 is 5.97 Å². The van der Waals surface area contributed by atoms with E-state index < -0.39 is 11.5 Å². The maximum atomic E-state index is 12.2. The highest BCUT2D eigenvalue weighted by Crippen LogP contribution is 2.62. The highest BCUT2D eigenvalue weighted by atomic mass is 16.5. The number of aliphatic hydroxyl groups excluding tert-OH is 2. The van der Waals surface area contributed by atoms with Gasteiger partial charge in [0.1, 0.15) is 6.61 Å². The van der Waals surface area contributed by atoms with Gasteiger partial charge in [0, 0.05) is 11.0 Å². The van der Waals surface area contributed by atoms with E-state index in [4.69, 9.17) is 4.74 Å². The average Bonchev–Trinajstić information content (AvgIpc) is 3.03. The highest BCUT2D eigenvalue weighted by molar-refractivity contribution is 5.91. The SMILES string of the molecule is C=C1CCC2[C@](C)(CO)C(O)CC[C@]2(C)[C@H]1CC(C1=CCOC1=O)C(C)C. The summed E-state index contributed by atoms with van der Waals surface area (Å²) in [6.07, 6.45) is 5.93. The second kappa shape index (κ2) is 7.36. The van der Waals surface area contributed by atoms with Gasteiger partial charge in [-0.2, -0.15) is 0 Å². The fourth-order valence-corrected chi connectivity index (χ4v) is 6.32. The van der Waals surface area contributed by atoms with Crippen LogP contribution in [0.25, 0.3) is 0 Å². The van der Waals surface area contributed by atoms with Crippen LogP contribution in [0.2, 0.25) is 0 Å². The largest absolute Gasteiger partial charge is 0.458 e. The molecule has 6 atom stereocenters. The standard InChI is InChI=1S/C23H36O4/c1-14(2)17(16-9-11-27-21(16)26)12-18-15(3)6-7-19-22(18,4)10-8-20(25)23(19,5)13-24/h9,14,17-20,24-25H,3,6-8,10-13H2,1-2,4-5H3/t17?,18-,19?,20?,22+,23-/m0/s1. The lowest BCUT2D eigenvalue weighted by Gasteiger charge is -2.60.